The Morgan fingerprint density at radius 2 is 2.00 bits per heavy atom. The zero-order valence-corrected chi connectivity index (χ0v) is 9.35. The molecule has 0 spiro atoms. The predicted octanol–water partition coefficient (Wildman–Crippen LogP) is 0.126. The van der Waals surface area contributed by atoms with Crippen molar-refractivity contribution in [2.45, 2.75) is 13.3 Å². The van der Waals surface area contributed by atoms with Crippen LogP contribution in [0.15, 0.2) is 34.3 Å². The molecular weight excluding hydrogens is 202 g/mol. The SMILES string of the molecule is Cc1cccc(CCN=C(N)N=C(N)N)c1. The van der Waals surface area contributed by atoms with Gasteiger partial charge in [-0.2, -0.15) is 4.99 Å². The summed E-state index contributed by atoms with van der Waals surface area (Å²) in [4.78, 5) is 7.66. The molecule has 0 radical (unpaired) electrons. The molecule has 0 aliphatic carbocycles. The normalized spacial score (nSPS) is 11.2. The number of hydrogen-bond acceptors (Lipinski definition) is 1. The highest BCUT2D eigenvalue weighted by atomic mass is 15.1. The van der Waals surface area contributed by atoms with Crippen molar-refractivity contribution in [1.82, 2.24) is 0 Å². The molecule has 86 valence electrons. The molecule has 0 aliphatic heterocycles. The summed E-state index contributed by atoms with van der Waals surface area (Å²) in [6.45, 7) is 2.63. The molecule has 0 amide bonds. The van der Waals surface area contributed by atoms with Gasteiger partial charge in [0.05, 0.1) is 0 Å². The molecule has 6 N–H and O–H groups in total. The van der Waals surface area contributed by atoms with E-state index in [4.69, 9.17) is 17.2 Å². The average Bonchev–Trinajstić information content (AvgIpc) is 2.16. The highest BCUT2D eigenvalue weighted by molar-refractivity contribution is 5.92. The number of nitrogens with zero attached hydrogens (tertiary/aromatic N) is 2. The summed E-state index contributed by atoms with van der Waals surface area (Å²) < 4.78 is 0. The van der Waals surface area contributed by atoms with Gasteiger partial charge >= 0.3 is 0 Å². The van der Waals surface area contributed by atoms with Crippen molar-refractivity contribution in [2.75, 3.05) is 6.54 Å². The molecule has 1 aromatic rings. The van der Waals surface area contributed by atoms with Crippen molar-refractivity contribution in [3.63, 3.8) is 0 Å². The molecule has 0 saturated heterocycles. The Balaban J connectivity index is 2.50. The van der Waals surface area contributed by atoms with E-state index < -0.39 is 0 Å². The minimum atomic E-state index is -0.0724. The van der Waals surface area contributed by atoms with Gasteiger partial charge in [-0.3, -0.25) is 4.99 Å². The molecule has 1 rings (SSSR count). The molecule has 0 aromatic heterocycles. The molecule has 5 nitrogen and oxygen atoms in total. The zero-order valence-electron chi connectivity index (χ0n) is 9.35. The van der Waals surface area contributed by atoms with E-state index in [1.165, 1.54) is 11.1 Å². The first-order valence-electron chi connectivity index (χ1n) is 5.03. The Kier molecular flexibility index (Phi) is 4.32. The van der Waals surface area contributed by atoms with Gasteiger partial charge in [-0.15, -0.1) is 0 Å². The summed E-state index contributed by atoms with van der Waals surface area (Å²) in [5, 5.41) is 0. The summed E-state index contributed by atoms with van der Waals surface area (Å²) in [7, 11) is 0. The molecule has 5 heteroatoms. The Bertz CT molecular complexity index is 405. The average molecular weight is 219 g/mol. The Morgan fingerprint density at radius 3 is 2.62 bits per heavy atom. The van der Waals surface area contributed by atoms with Gasteiger partial charge in [0.2, 0.25) is 5.96 Å². The van der Waals surface area contributed by atoms with Gasteiger partial charge in [-0.25, -0.2) is 0 Å². The summed E-state index contributed by atoms with van der Waals surface area (Å²) in [5.41, 5.74) is 18.3. The third-order valence-corrected chi connectivity index (χ3v) is 2.00. The lowest BCUT2D eigenvalue weighted by Crippen LogP contribution is -2.26. The summed E-state index contributed by atoms with van der Waals surface area (Å²) in [6.07, 6.45) is 0.822. The van der Waals surface area contributed by atoms with E-state index >= 15 is 0 Å². The lowest BCUT2D eigenvalue weighted by atomic mass is 10.1. The Labute approximate surface area is 95.1 Å². The molecule has 0 aliphatic rings. The van der Waals surface area contributed by atoms with E-state index in [1.807, 2.05) is 6.07 Å². The van der Waals surface area contributed by atoms with Crippen molar-refractivity contribution in [2.24, 2.45) is 27.2 Å². The number of aryl methyl sites for hydroxylation is 1. The second-order valence-corrected chi connectivity index (χ2v) is 3.52. The van der Waals surface area contributed by atoms with E-state index in [9.17, 15) is 0 Å². The van der Waals surface area contributed by atoms with Crippen LogP contribution in [0.1, 0.15) is 11.1 Å². The fourth-order valence-electron chi connectivity index (χ4n) is 1.33. The van der Waals surface area contributed by atoms with Crippen molar-refractivity contribution in [1.29, 1.82) is 0 Å². The maximum absolute atomic E-state index is 5.47. The van der Waals surface area contributed by atoms with E-state index in [1.54, 1.807) is 0 Å². The van der Waals surface area contributed by atoms with Crippen LogP contribution < -0.4 is 17.2 Å². The molecule has 0 atom stereocenters. The quantitative estimate of drug-likeness (QED) is 0.497. The first kappa shape index (κ1) is 12.0. The molecule has 0 unspecified atom stereocenters. The van der Waals surface area contributed by atoms with E-state index in [2.05, 4.69) is 35.1 Å². The Hall–Kier alpha value is -2.04. The van der Waals surface area contributed by atoms with Crippen LogP contribution in [-0.2, 0) is 6.42 Å². The van der Waals surface area contributed by atoms with Crippen molar-refractivity contribution >= 4 is 11.9 Å². The van der Waals surface area contributed by atoms with Crippen LogP contribution in [-0.4, -0.2) is 18.5 Å². The lowest BCUT2D eigenvalue weighted by Gasteiger charge is -2.00. The monoisotopic (exact) mass is 219 g/mol. The predicted molar refractivity (Wildman–Crippen MR) is 67.2 cm³/mol. The number of nitrogens with two attached hydrogens (primary N) is 3. The number of hydrogen-bond donors (Lipinski definition) is 3. The summed E-state index contributed by atoms with van der Waals surface area (Å²) in [5.74, 6) is 0.0458. The van der Waals surface area contributed by atoms with Gasteiger partial charge in [0.1, 0.15) is 0 Å². The van der Waals surface area contributed by atoms with Crippen LogP contribution in [0, 0.1) is 6.92 Å². The third-order valence-electron chi connectivity index (χ3n) is 2.00. The number of guanidine groups is 2. The molecule has 0 heterocycles. The van der Waals surface area contributed by atoms with E-state index in [0.717, 1.165) is 6.42 Å². The molecule has 0 bridgehead atoms. The highest BCUT2D eigenvalue weighted by Gasteiger charge is 1.93. The van der Waals surface area contributed by atoms with Gasteiger partial charge in [0.15, 0.2) is 5.96 Å². The van der Waals surface area contributed by atoms with Crippen molar-refractivity contribution in [3.05, 3.63) is 35.4 Å². The van der Waals surface area contributed by atoms with Crippen LogP contribution in [0.3, 0.4) is 0 Å². The minimum Gasteiger partial charge on any atom is -0.370 e. The first-order chi connectivity index (χ1) is 7.58. The van der Waals surface area contributed by atoms with Gasteiger partial charge < -0.3 is 17.2 Å². The minimum absolute atomic E-state index is 0.0724. The summed E-state index contributed by atoms with van der Waals surface area (Å²) >= 11 is 0. The maximum atomic E-state index is 5.47. The molecule has 16 heavy (non-hydrogen) atoms. The topological polar surface area (TPSA) is 103 Å². The smallest absolute Gasteiger partial charge is 0.218 e. The van der Waals surface area contributed by atoms with E-state index in [-0.39, 0.29) is 11.9 Å². The van der Waals surface area contributed by atoms with E-state index in [0.29, 0.717) is 6.54 Å². The van der Waals surface area contributed by atoms with Crippen LogP contribution in [0.25, 0.3) is 0 Å². The largest absolute Gasteiger partial charge is 0.370 e. The van der Waals surface area contributed by atoms with Crippen molar-refractivity contribution < 1.29 is 0 Å². The summed E-state index contributed by atoms with van der Waals surface area (Å²) in [6, 6.07) is 8.25. The van der Waals surface area contributed by atoms with Gasteiger partial charge in [-0.1, -0.05) is 29.8 Å². The number of aliphatic imine (C=N–C) groups is 2. The Morgan fingerprint density at radius 1 is 1.25 bits per heavy atom. The van der Waals surface area contributed by atoms with Gasteiger partial charge in [0, 0.05) is 6.54 Å². The second-order valence-electron chi connectivity index (χ2n) is 3.52. The van der Waals surface area contributed by atoms with Crippen LogP contribution in [0.2, 0.25) is 0 Å². The second kappa shape index (κ2) is 5.75. The molecule has 1 aromatic carbocycles. The molecule has 0 fully saturated rings. The zero-order chi connectivity index (χ0) is 12.0. The standard InChI is InChI=1S/C11H17N5/c1-8-3-2-4-9(7-8)5-6-15-11(14)16-10(12)13/h2-4,7H,5-6H2,1H3,(H6,12,13,14,15,16). The van der Waals surface area contributed by atoms with Gasteiger partial charge in [-0.05, 0) is 18.9 Å². The number of benzene rings is 1. The van der Waals surface area contributed by atoms with Crippen molar-refractivity contribution in [3.8, 4) is 0 Å². The number of rotatable bonds is 3. The first-order valence-corrected chi connectivity index (χ1v) is 5.03. The maximum Gasteiger partial charge on any atom is 0.218 e. The fourth-order valence-corrected chi connectivity index (χ4v) is 1.33. The van der Waals surface area contributed by atoms with Crippen LogP contribution in [0.4, 0.5) is 0 Å². The highest BCUT2D eigenvalue weighted by Crippen LogP contribution is 2.04. The fraction of sp³-hybridized carbons (Fsp3) is 0.273. The lowest BCUT2D eigenvalue weighted by molar-refractivity contribution is 0.960. The van der Waals surface area contributed by atoms with Gasteiger partial charge in [0.25, 0.3) is 0 Å². The molecular formula is C11H17N5. The third kappa shape index (κ3) is 4.45. The molecule has 0 saturated carbocycles. The van der Waals surface area contributed by atoms with Crippen LogP contribution >= 0.6 is 0 Å². The van der Waals surface area contributed by atoms with Crippen LogP contribution in [0.5, 0.6) is 0 Å².